The second kappa shape index (κ2) is 5.40. The molecule has 2 atom stereocenters. The van der Waals surface area contributed by atoms with Crippen LogP contribution in [0.3, 0.4) is 0 Å². The number of nitrogens with zero attached hydrogens (tertiary/aromatic N) is 1. The maximum absolute atomic E-state index is 3.57. The van der Waals surface area contributed by atoms with Crippen molar-refractivity contribution in [2.45, 2.75) is 38.8 Å². The van der Waals surface area contributed by atoms with Gasteiger partial charge in [-0.25, -0.2) is 0 Å². The van der Waals surface area contributed by atoms with E-state index in [9.17, 15) is 0 Å². The van der Waals surface area contributed by atoms with Gasteiger partial charge in [0, 0.05) is 28.8 Å². The normalized spacial score (nSPS) is 21.9. The zero-order valence-electron chi connectivity index (χ0n) is 10.8. The van der Waals surface area contributed by atoms with Crippen LogP contribution in [0.2, 0.25) is 0 Å². The van der Waals surface area contributed by atoms with E-state index in [1.165, 1.54) is 30.6 Å². The minimum Gasteiger partial charge on any atom is -0.369 e. The average molecular weight is 297 g/mol. The molecule has 1 saturated heterocycles. The molecule has 2 rings (SSSR count). The molecule has 0 aliphatic carbocycles. The molecule has 0 spiro atoms. The van der Waals surface area contributed by atoms with E-state index >= 15 is 0 Å². The Morgan fingerprint density at radius 2 is 2.24 bits per heavy atom. The van der Waals surface area contributed by atoms with Crippen molar-refractivity contribution in [1.82, 2.24) is 5.32 Å². The number of hydrogen-bond donors (Lipinski definition) is 1. The lowest BCUT2D eigenvalue weighted by molar-refractivity contribution is 0.644. The summed E-state index contributed by atoms with van der Waals surface area (Å²) < 4.78 is 1.16. The Morgan fingerprint density at radius 3 is 2.82 bits per heavy atom. The summed E-state index contributed by atoms with van der Waals surface area (Å²) in [7, 11) is 2.02. The Hall–Kier alpha value is -0.540. The highest BCUT2D eigenvalue weighted by Crippen LogP contribution is 2.33. The Balaban J connectivity index is 2.38. The van der Waals surface area contributed by atoms with Crippen LogP contribution in [0.1, 0.15) is 38.3 Å². The molecule has 94 valence electrons. The highest BCUT2D eigenvalue weighted by molar-refractivity contribution is 9.10. The first kappa shape index (κ1) is 12.9. The van der Waals surface area contributed by atoms with Gasteiger partial charge in [0.2, 0.25) is 0 Å². The lowest BCUT2D eigenvalue weighted by Gasteiger charge is -2.28. The third kappa shape index (κ3) is 2.66. The predicted octanol–water partition coefficient (Wildman–Crippen LogP) is 3.72. The molecule has 0 radical (unpaired) electrons. The van der Waals surface area contributed by atoms with Crippen molar-refractivity contribution in [2.75, 3.05) is 18.5 Å². The molecule has 1 aliphatic rings. The molecule has 0 amide bonds. The molecule has 1 aromatic carbocycles. The molecule has 0 bridgehead atoms. The van der Waals surface area contributed by atoms with Gasteiger partial charge in [-0.05, 0) is 57.5 Å². The van der Waals surface area contributed by atoms with E-state index in [0.29, 0.717) is 12.1 Å². The first-order valence-electron chi connectivity index (χ1n) is 6.37. The van der Waals surface area contributed by atoms with E-state index in [2.05, 4.69) is 58.2 Å². The summed E-state index contributed by atoms with van der Waals surface area (Å²) >= 11 is 3.57. The summed E-state index contributed by atoms with van der Waals surface area (Å²) in [6.45, 7) is 5.72. The van der Waals surface area contributed by atoms with Crippen LogP contribution in [-0.4, -0.2) is 19.6 Å². The number of halogens is 1. The minimum atomic E-state index is 0.385. The summed E-state index contributed by atoms with van der Waals surface area (Å²) in [6.07, 6.45) is 2.62. The van der Waals surface area contributed by atoms with Gasteiger partial charge in [0.15, 0.2) is 0 Å². The second-order valence-electron chi connectivity index (χ2n) is 4.90. The third-order valence-electron chi connectivity index (χ3n) is 3.75. The molecule has 3 heteroatoms. The van der Waals surface area contributed by atoms with Crippen LogP contribution in [0, 0.1) is 0 Å². The highest BCUT2D eigenvalue weighted by Gasteiger charge is 2.23. The van der Waals surface area contributed by atoms with Crippen LogP contribution in [0.5, 0.6) is 0 Å². The molecule has 0 saturated carbocycles. The summed E-state index contributed by atoms with van der Waals surface area (Å²) in [5.74, 6) is 0. The predicted molar refractivity (Wildman–Crippen MR) is 77.7 cm³/mol. The van der Waals surface area contributed by atoms with Gasteiger partial charge in [0.25, 0.3) is 0 Å². The van der Waals surface area contributed by atoms with Gasteiger partial charge in [0.1, 0.15) is 0 Å². The number of hydrogen-bond acceptors (Lipinski definition) is 2. The number of rotatable bonds is 3. The lowest BCUT2D eigenvalue weighted by Crippen LogP contribution is -2.28. The van der Waals surface area contributed by atoms with Gasteiger partial charge in [0.05, 0.1) is 0 Å². The molecule has 2 nitrogen and oxygen atoms in total. The summed E-state index contributed by atoms with van der Waals surface area (Å²) in [4.78, 5) is 2.54. The molecular weight excluding hydrogens is 276 g/mol. The van der Waals surface area contributed by atoms with E-state index in [-0.39, 0.29) is 0 Å². The van der Waals surface area contributed by atoms with Crippen LogP contribution in [0.15, 0.2) is 22.7 Å². The maximum Gasteiger partial charge on any atom is 0.0417 e. The van der Waals surface area contributed by atoms with Gasteiger partial charge in [-0.3, -0.25) is 0 Å². The van der Waals surface area contributed by atoms with E-state index in [1.807, 2.05) is 7.05 Å². The molecule has 17 heavy (non-hydrogen) atoms. The molecule has 1 fully saturated rings. The van der Waals surface area contributed by atoms with Crippen LogP contribution >= 0.6 is 15.9 Å². The molecular formula is C14H21BrN2. The van der Waals surface area contributed by atoms with E-state index in [0.717, 1.165) is 4.47 Å². The SMILES string of the molecule is CNC(C)c1cc(Br)ccc1N1CCCC1C. The van der Waals surface area contributed by atoms with Crippen molar-refractivity contribution in [2.24, 2.45) is 0 Å². The largest absolute Gasteiger partial charge is 0.369 e. The number of anilines is 1. The Morgan fingerprint density at radius 1 is 1.47 bits per heavy atom. The first-order valence-corrected chi connectivity index (χ1v) is 7.16. The minimum absolute atomic E-state index is 0.385. The lowest BCUT2D eigenvalue weighted by atomic mass is 10.0. The summed E-state index contributed by atoms with van der Waals surface area (Å²) in [5, 5.41) is 3.34. The van der Waals surface area contributed by atoms with Crippen molar-refractivity contribution in [3.63, 3.8) is 0 Å². The van der Waals surface area contributed by atoms with Crippen molar-refractivity contribution < 1.29 is 0 Å². The molecule has 1 N–H and O–H groups in total. The summed E-state index contributed by atoms with van der Waals surface area (Å²) in [5.41, 5.74) is 2.77. The van der Waals surface area contributed by atoms with Crippen LogP contribution < -0.4 is 10.2 Å². The average Bonchev–Trinajstić information content (AvgIpc) is 2.74. The monoisotopic (exact) mass is 296 g/mol. The fraction of sp³-hybridized carbons (Fsp3) is 0.571. The van der Waals surface area contributed by atoms with Crippen molar-refractivity contribution in [3.8, 4) is 0 Å². The number of nitrogens with one attached hydrogen (secondary N) is 1. The summed E-state index contributed by atoms with van der Waals surface area (Å²) in [6, 6.07) is 7.68. The second-order valence-corrected chi connectivity index (χ2v) is 5.81. The van der Waals surface area contributed by atoms with Gasteiger partial charge < -0.3 is 10.2 Å². The zero-order chi connectivity index (χ0) is 12.4. The maximum atomic E-state index is 3.57. The van der Waals surface area contributed by atoms with Crippen LogP contribution in [0.4, 0.5) is 5.69 Å². The Kier molecular flexibility index (Phi) is 4.10. The van der Waals surface area contributed by atoms with Crippen LogP contribution in [-0.2, 0) is 0 Å². The number of benzene rings is 1. The molecule has 2 unspecified atom stereocenters. The third-order valence-corrected chi connectivity index (χ3v) is 4.24. The van der Waals surface area contributed by atoms with Gasteiger partial charge in [-0.1, -0.05) is 15.9 Å². The highest BCUT2D eigenvalue weighted by atomic mass is 79.9. The molecule has 0 aromatic heterocycles. The van der Waals surface area contributed by atoms with Gasteiger partial charge >= 0.3 is 0 Å². The topological polar surface area (TPSA) is 15.3 Å². The van der Waals surface area contributed by atoms with E-state index in [4.69, 9.17) is 0 Å². The quantitative estimate of drug-likeness (QED) is 0.914. The van der Waals surface area contributed by atoms with Gasteiger partial charge in [-0.15, -0.1) is 0 Å². The smallest absolute Gasteiger partial charge is 0.0417 e. The Bertz CT molecular complexity index is 392. The fourth-order valence-corrected chi connectivity index (χ4v) is 2.96. The van der Waals surface area contributed by atoms with E-state index in [1.54, 1.807) is 0 Å². The van der Waals surface area contributed by atoms with Crippen LogP contribution in [0.25, 0.3) is 0 Å². The Labute approximate surface area is 113 Å². The van der Waals surface area contributed by atoms with Gasteiger partial charge in [-0.2, -0.15) is 0 Å². The fourth-order valence-electron chi connectivity index (χ4n) is 2.58. The molecule has 1 aromatic rings. The standard InChI is InChI=1S/C14H21BrN2/c1-10-5-4-8-17(10)14-7-6-12(15)9-13(14)11(2)16-3/h6-7,9-11,16H,4-5,8H2,1-3H3. The first-order chi connectivity index (χ1) is 8.13. The zero-order valence-corrected chi connectivity index (χ0v) is 12.4. The van der Waals surface area contributed by atoms with Crippen molar-refractivity contribution >= 4 is 21.6 Å². The molecule has 1 heterocycles. The molecule has 1 aliphatic heterocycles. The van der Waals surface area contributed by atoms with Crippen molar-refractivity contribution in [3.05, 3.63) is 28.2 Å². The van der Waals surface area contributed by atoms with E-state index < -0.39 is 0 Å². The van der Waals surface area contributed by atoms with Crippen molar-refractivity contribution in [1.29, 1.82) is 0 Å².